The zero-order valence-electron chi connectivity index (χ0n) is 18.8. The lowest BCUT2D eigenvalue weighted by molar-refractivity contribution is 0.362. The summed E-state index contributed by atoms with van der Waals surface area (Å²) in [5.74, 6) is 0. The minimum absolute atomic E-state index is 0.0301. The average molecular weight is 376 g/mol. The average Bonchev–Trinajstić information content (AvgIpc) is 2.62. The van der Waals surface area contributed by atoms with E-state index in [2.05, 4.69) is 97.0 Å². The maximum atomic E-state index is 3.75. The van der Waals surface area contributed by atoms with E-state index >= 15 is 0 Å². The highest BCUT2D eigenvalue weighted by atomic mass is 15.0. The van der Waals surface area contributed by atoms with E-state index < -0.39 is 0 Å². The summed E-state index contributed by atoms with van der Waals surface area (Å²) in [6, 6.07) is 0.746. The molecule has 0 aliphatic heterocycles. The Labute approximate surface area is 170 Å². The molecule has 2 unspecified atom stereocenters. The Morgan fingerprint density at radius 3 is 1.26 bits per heavy atom. The van der Waals surface area contributed by atoms with Gasteiger partial charge in [0.15, 0.2) is 0 Å². The number of nitrogens with one attached hydrogen (secondary N) is 3. The molecule has 0 heterocycles. The molecule has 0 bridgehead atoms. The Bertz CT molecular complexity index is 395. The molecule has 0 amide bonds. The van der Waals surface area contributed by atoms with E-state index in [0.29, 0.717) is 12.1 Å². The number of rotatable bonds is 12. The van der Waals surface area contributed by atoms with Gasteiger partial charge in [-0.15, -0.1) is 39.5 Å². The summed E-state index contributed by atoms with van der Waals surface area (Å²) in [6.45, 7) is 36.1. The van der Waals surface area contributed by atoms with Crippen LogP contribution in [0.4, 0.5) is 0 Å². The molecule has 0 fully saturated rings. The van der Waals surface area contributed by atoms with Gasteiger partial charge in [-0.3, -0.25) is 5.32 Å². The maximum Gasteiger partial charge on any atom is 0.0312 e. The van der Waals surface area contributed by atoms with E-state index in [4.69, 9.17) is 0 Å². The second kappa shape index (κ2) is 17.7. The molecule has 0 aromatic rings. The van der Waals surface area contributed by atoms with Gasteiger partial charge in [-0.25, -0.2) is 0 Å². The predicted octanol–water partition coefficient (Wildman–Crippen LogP) is 5.18. The van der Waals surface area contributed by atoms with Crippen LogP contribution in [0.1, 0.15) is 41.5 Å². The molecule has 0 saturated heterocycles. The Balaban J connectivity index is -0.000000329. The molecule has 27 heavy (non-hydrogen) atoms. The minimum Gasteiger partial charge on any atom is -0.310 e. The Morgan fingerprint density at radius 2 is 1.04 bits per heavy atom. The SMILES string of the molecule is C=CC(C)(C)NC(C)(C)C=C.C=CC(C)NC(C)C=C.C=CCNCC=C. The van der Waals surface area contributed by atoms with Gasteiger partial charge < -0.3 is 10.6 Å². The first-order chi connectivity index (χ1) is 12.4. The standard InChI is InChI=1S/C10H19N.C8H15N.C6H11N/c1-7-9(3,4)11-10(5,6)8-2;1-5-7(3)9-8(4)6-2;1-3-5-7-6-4-2/h7-8,11H,1-2H2,3-6H3;5-9H,1-2H2,3-4H3;3-4,7H,1-2,5-6H2. The Kier molecular flexibility index (Phi) is 19.7. The lowest BCUT2D eigenvalue weighted by Crippen LogP contribution is -2.49. The van der Waals surface area contributed by atoms with Crippen molar-refractivity contribution in [1.29, 1.82) is 0 Å². The van der Waals surface area contributed by atoms with Crippen LogP contribution in [-0.4, -0.2) is 36.3 Å². The van der Waals surface area contributed by atoms with Crippen LogP contribution >= 0.6 is 0 Å². The second-order valence-electron chi connectivity index (χ2n) is 7.43. The van der Waals surface area contributed by atoms with Crippen LogP contribution in [0.25, 0.3) is 0 Å². The van der Waals surface area contributed by atoms with Crippen LogP contribution in [0.15, 0.2) is 75.9 Å². The van der Waals surface area contributed by atoms with Gasteiger partial charge in [-0.05, 0) is 41.5 Å². The predicted molar refractivity (Wildman–Crippen MR) is 127 cm³/mol. The molecule has 3 heteroatoms. The van der Waals surface area contributed by atoms with Crippen molar-refractivity contribution < 1.29 is 0 Å². The summed E-state index contributed by atoms with van der Waals surface area (Å²) in [4.78, 5) is 0. The van der Waals surface area contributed by atoms with Crippen molar-refractivity contribution in [3.05, 3.63) is 75.9 Å². The fourth-order valence-corrected chi connectivity index (χ4v) is 1.77. The molecule has 0 radical (unpaired) electrons. The molecule has 2 atom stereocenters. The first-order valence-corrected chi connectivity index (χ1v) is 9.45. The number of hydrogen-bond donors (Lipinski definition) is 3. The largest absolute Gasteiger partial charge is 0.310 e. The third kappa shape index (κ3) is 24.3. The molecule has 0 rings (SSSR count). The topological polar surface area (TPSA) is 36.1 Å². The zero-order valence-corrected chi connectivity index (χ0v) is 18.8. The van der Waals surface area contributed by atoms with Gasteiger partial charge in [0.25, 0.3) is 0 Å². The van der Waals surface area contributed by atoms with Crippen molar-refractivity contribution in [2.45, 2.75) is 64.7 Å². The third-order valence-electron chi connectivity index (χ3n) is 3.48. The van der Waals surface area contributed by atoms with Crippen LogP contribution in [0, 0.1) is 0 Å². The number of hydrogen-bond acceptors (Lipinski definition) is 3. The summed E-state index contributed by atoms with van der Waals surface area (Å²) < 4.78 is 0. The fraction of sp³-hybridized carbons (Fsp3) is 0.500. The molecule has 0 spiro atoms. The van der Waals surface area contributed by atoms with Crippen molar-refractivity contribution >= 4 is 0 Å². The highest BCUT2D eigenvalue weighted by Gasteiger charge is 2.21. The third-order valence-corrected chi connectivity index (χ3v) is 3.48. The highest BCUT2D eigenvalue weighted by molar-refractivity contribution is 5.05. The normalized spacial score (nSPS) is 12.7. The second-order valence-corrected chi connectivity index (χ2v) is 7.43. The lowest BCUT2D eigenvalue weighted by Gasteiger charge is -2.32. The van der Waals surface area contributed by atoms with Gasteiger partial charge >= 0.3 is 0 Å². The first kappa shape index (κ1) is 30.1. The molecule has 0 aliphatic rings. The summed E-state index contributed by atoms with van der Waals surface area (Å²) in [6.07, 6.45) is 11.2. The monoisotopic (exact) mass is 375 g/mol. The molecular weight excluding hydrogens is 330 g/mol. The molecule has 3 nitrogen and oxygen atoms in total. The van der Waals surface area contributed by atoms with Crippen LogP contribution in [0.5, 0.6) is 0 Å². The van der Waals surface area contributed by atoms with E-state index in [1.807, 2.05) is 36.5 Å². The highest BCUT2D eigenvalue weighted by Crippen LogP contribution is 2.12. The summed E-state index contributed by atoms with van der Waals surface area (Å²) in [5.41, 5.74) is -0.0601. The Hall–Kier alpha value is -1.68. The molecule has 0 saturated carbocycles. The molecular formula is C24H45N3. The van der Waals surface area contributed by atoms with Gasteiger partial charge in [-0.1, -0.05) is 36.5 Å². The van der Waals surface area contributed by atoms with E-state index in [9.17, 15) is 0 Å². The van der Waals surface area contributed by atoms with Crippen molar-refractivity contribution in [2.24, 2.45) is 0 Å². The van der Waals surface area contributed by atoms with Crippen LogP contribution in [0.2, 0.25) is 0 Å². The van der Waals surface area contributed by atoms with Gasteiger partial charge in [0.05, 0.1) is 0 Å². The van der Waals surface area contributed by atoms with Gasteiger partial charge in [0, 0.05) is 36.3 Å². The van der Waals surface area contributed by atoms with Crippen LogP contribution in [0.3, 0.4) is 0 Å². The molecule has 0 aromatic carbocycles. The Morgan fingerprint density at radius 1 is 0.704 bits per heavy atom. The molecule has 156 valence electrons. The van der Waals surface area contributed by atoms with Crippen molar-refractivity contribution in [3.63, 3.8) is 0 Å². The molecule has 0 aromatic heterocycles. The summed E-state index contributed by atoms with van der Waals surface area (Å²) in [5, 5.41) is 9.69. The van der Waals surface area contributed by atoms with Crippen LogP contribution in [-0.2, 0) is 0 Å². The molecule has 0 aliphatic carbocycles. The molecule has 3 N–H and O–H groups in total. The fourth-order valence-electron chi connectivity index (χ4n) is 1.77. The first-order valence-electron chi connectivity index (χ1n) is 9.45. The zero-order chi connectivity index (χ0) is 21.9. The smallest absolute Gasteiger partial charge is 0.0312 e. The van der Waals surface area contributed by atoms with Gasteiger partial charge in [-0.2, -0.15) is 0 Å². The van der Waals surface area contributed by atoms with Crippen molar-refractivity contribution in [1.82, 2.24) is 16.0 Å². The van der Waals surface area contributed by atoms with E-state index in [-0.39, 0.29) is 11.1 Å². The van der Waals surface area contributed by atoms with E-state index in [1.54, 1.807) is 0 Å². The summed E-state index contributed by atoms with van der Waals surface area (Å²) in [7, 11) is 0. The summed E-state index contributed by atoms with van der Waals surface area (Å²) >= 11 is 0. The van der Waals surface area contributed by atoms with Gasteiger partial charge in [0.2, 0.25) is 0 Å². The lowest BCUT2D eigenvalue weighted by atomic mass is 9.98. The minimum atomic E-state index is -0.0301. The quantitative estimate of drug-likeness (QED) is 0.325. The maximum absolute atomic E-state index is 3.75. The van der Waals surface area contributed by atoms with Crippen LogP contribution < -0.4 is 16.0 Å². The van der Waals surface area contributed by atoms with Gasteiger partial charge in [0.1, 0.15) is 0 Å². The van der Waals surface area contributed by atoms with Crippen molar-refractivity contribution in [3.8, 4) is 0 Å². The van der Waals surface area contributed by atoms with Crippen molar-refractivity contribution in [2.75, 3.05) is 13.1 Å². The van der Waals surface area contributed by atoms with E-state index in [0.717, 1.165) is 13.1 Å². The van der Waals surface area contributed by atoms with E-state index in [1.165, 1.54) is 0 Å².